The lowest BCUT2D eigenvalue weighted by atomic mass is 10.1. The summed E-state index contributed by atoms with van der Waals surface area (Å²) in [4.78, 5) is 16.5. The number of rotatable bonds is 4. The molecule has 4 aromatic carbocycles. The molecule has 4 heteroatoms. The second-order valence-electron chi connectivity index (χ2n) is 7.23. The van der Waals surface area contributed by atoms with E-state index in [1.54, 1.807) is 11.8 Å². The lowest BCUT2D eigenvalue weighted by molar-refractivity contribution is -0.121. The van der Waals surface area contributed by atoms with Gasteiger partial charge >= 0.3 is 0 Å². The first-order chi connectivity index (χ1) is 14.8. The summed E-state index contributed by atoms with van der Waals surface area (Å²) in [6, 6.07) is 32.3. The highest BCUT2D eigenvalue weighted by Crippen LogP contribution is 2.43. The average molecular weight is 412 g/mol. The van der Waals surface area contributed by atoms with Crippen LogP contribution in [0.2, 0.25) is 0 Å². The van der Waals surface area contributed by atoms with Crippen LogP contribution in [-0.4, -0.2) is 18.3 Å². The lowest BCUT2D eigenvalue weighted by Gasteiger charge is -2.37. The van der Waals surface area contributed by atoms with E-state index < -0.39 is 0 Å². The van der Waals surface area contributed by atoms with Crippen LogP contribution >= 0.6 is 11.8 Å². The van der Waals surface area contributed by atoms with Gasteiger partial charge in [0.2, 0.25) is 0 Å². The highest BCUT2D eigenvalue weighted by atomic mass is 32.2. The van der Waals surface area contributed by atoms with Crippen LogP contribution in [0.5, 0.6) is 5.75 Å². The number of carbonyl (C=O) groups excluding carboxylic acids is 1. The van der Waals surface area contributed by atoms with Gasteiger partial charge in [-0.3, -0.25) is 9.69 Å². The van der Waals surface area contributed by atoms with E-state index >= 15 is 0 Å². The standard InChI is InChI=1S/C26H21NO2S/c28-26(17-29-24-15-8-12-19-9-4-5-13-21(19)24)27-22-14-6-7-16-25(22)30-18-23(27)20-10-2-1-3-11-20/h1-16,23H,17-18H2/t23-/m1/s1. The molecule has 1 aliphatic heterocycles. The van der Waals surface area contributed by atoms with Crippen molar-refractivity contribution in [3.8, 4) is 5.75 Å². The molecule has 0 aromatic heterocycles. The zero-order valence-corrected chi connectivity index (χ0v) is 17.2. The minimum absolute atomic E-state index is 0.00363. The van der Waals surface area contributed by atoms with Crippen LogP contribution in [0, 0.1) is 0 Å². The zero-order chi connectivity index (χ0) is 20.3. The Morgan fingerprint density at radius 3 is 2.50 bits per heavy atom. The third-order valence-electron chi connectivity index (χ3n) is 5.39. The number of benzene rings is 4. The van der Waals surface area contributed by atoms with Crippen molar-refractivity contribution in [3.05, 3.63) is 103 Å². The van der Waals surface area contributed by atoms with Gasteiger partial charge in [-0.15, -0.1) is 11.8 Å². The number of fused-ring (bicyclic) bond motifs is 2. The number of nitrogens with zero attached hydrogens (tertiary/aromatic N) is 1. The molecule has 0 radical (unpaired) electrons. The Balaban J connectivity index is 1.45. The Morgan fingerprint density at radius 1 is 0.867 bits per heavy atom. The van der Waals surface area contributed by atoms with Crippen molar-refractivity contribution in [1.82, 2.24) is 0 Å². The molecule has 1 heterocycles. The molecule has 0 saturated carbocycles. The summed E-state index contributed by atoms with van der Waals surface area (Å²) in [5.41, 5.74) is 2.09. The van der Waals surface area contributed by atoms with Gasteiger partial charge in [-0.25, -0.2) is 0 Å². The van der Waals surface area contributed by atoms with Crippen LogP contribution in [-0.2, 0) is 4.79 Å². The van der Waals surface area contributed by atoms with E-state index in [9.17, 15) is 4.79 Å². The van der Waals surface area contributed by atoms with Crippen molar-refractivity contribution in [1.29, 1.82) is 0 Å². The van der Waals surface area contributed by atoms with E-state index in [-0.39, 0.29) is 18.6 Å². The molecule has 0 spiro atoms. The predicted octanol–water partition coefficient (Wildman–Crippen LogP) is 6.10. The topological polar surface area (TPSA) is 29.5 Å². The number of para-hydroxylation sites is 1. The summed E-state index contributed by atoms with van der Waals surface area (Å²) < 4.78 is 6.04. The van der Waals surface area contributed by atoms with E-state index in [2.05, 4.69) is 18.2 Å². The van der Waals surface area contributed by atoms with Gasteiger partial charge in [0.25, 0.3) is 5.91 Å². The maximum atomic E-state index is 13.4. The van der Waals surface area contributed by atoms with Gasteiger partial charge in [-0.2, -0.15) is 0 Å². The maximum absolute atomic E-state index is 13.4. The first-order valence-corrected chi connectivity index (χ1v) is 11.0. The number of ether oxygens (including phenoxy) is 1. The number of carbonyl (C=O) groups is 1. The fourth-order valence-electron chi connectivity index (χ4n) is 3.95. The molecule has 0 aliphatic carbocycles. The van der Waals surface area contributed by atoms with E-state index in [4.69, 9.17) is 4.74 Å². The number of thioether (sulfide) groups is 1. The highest BCUT2D eigenvalue weighted by Gasteiger charge is 2.32. The molecule has 0 fully saturated rings. The first-order valence-electron chi connectivity index (χ1n) is 10.0. The number of hydrogen-bond donors (Lipinski definition) is 0. The summed E-state index contributed by atoms with van der Waals surface area (Å²) in [7, 11) is 0. The Kier molecular flexibility index (Phi) is 5.16. The molecular weight excluding hydrogens is 390 g/mol. The van der Waals surface area contributed by atoms with E-state index in [1.165, 1.54) is 0 Å². The zero-order valence-electron chi connectivity index (χ0n) is 16.4. The van der Waals surface area contributed by atoms with Crippen LogP contribution in [0.3, 0.4) is 0 Å². The van der Waals surface area contributed by atoms with Crippen LogP contribution < -0.4 is 9.64 Å². The minimum Gasteiger partial charge on any atom is -0.483 e. The SMILES string of the molecule is O=C(COc1cccc2ccccc12)N1c2ccccc2SC[C@@H]1c1ccccc1. The van der Waals surface area contributed by atoms with Crippen molar-refractivity contribution in [3.63, 3.8) is 0 Å². The normalized spacial score (nSPS) is 15.6. The molecule has 0 unspecified atom stereocenters. The van der Waals surface area contributed by atoms with Gasteiger partial charge in [-0.05, 0) is 29.1 Å². The van der Waals surface area contributed by atoms with Crippen molar-refractivity contribution < 1.29 is 9.53 Å². The van der Waals surface area contributed by atoms with Crippen LogP contribution in [0.25, 0.3) is 10.8 Å². The summed E-state index contributed by atoms with van der Waals surface area (Å²) in [6.45, 7) is -0.00363. The number of hydrogen-bond acceptors (Lipinski definition) is 3. The Labute approximate surface area is 180 Å². The molecule has 0 N–H and O–H groups in total. The molecule has 148 valence electrons. The van der Waals surface area contributed by atoms with Crippen molar-refractivity contribution >= 4 is 34.1 Å². The smallest absolute Gasteiger partial charge is 0.265 e. The van der Waals surface area contributed by atoms with Crippen LogP contribution in [0.4, 0.5) is 5.69 Å². The molecule has 1 amide bonds. The van der Waals surface area contributed by atoms with Gasteiger partial charge < -0.3 is 4.74 Å². The summed E-state index contributed by atoms with van der Waals surface area (Å²) in [5, 5.41) is 2.12. The van der Waals surface area contributed by atoms with Gasteiger partial charge in [0.1, 0.15) is 5.75 Å². The third kappa shape index (κ3) is 3.55. The molecule has 0 saturated heterocycles. The Morgan fingerprint density at radius 2 is 1.60 bits per heavy atom. The van der Waals surface area contributed by atoms with Crippen molar-refractivity contribution in [2.24, 2.45) is 0 Å². The Hall–Kier alpha value is -3.24. The second-order valence-corrected chi connectivity index (χ2v) is 8.30. The number of anilines is 1. The molecule has 5 rings (SSSR count). The lowest BCUT2D eigenvalue weighted by Crippen LogP contribution is -2.41. The van der Waals surface area contributed by atoms with E-state index in [1.807, 2.05) is 83.8 Å². The molecule has 1 aliphatic rings. The average Bonchev–Trinajstić information content (AvgIpc) is 2.82. The van der Waals surface area contributed by atoms with Crippen molar-refractivity contribution in [2.45, 2.75) is 10.9 Å². The molecule has 3 nitrogen and oxygen atoms in total. The fraction of sp³-hybridized carbons (Fsp3) is 0.115. The monoisotopic (exact) mass is 411 g/mol. The predicted molar refractivity (Wildman–Crippen MR) is 123 cm³/mol. The third-order valence-corrected chi connectivity index (χ3v) is 6.53. The highest BCUT2D eigenvalue weighted by molar-refractivity contribution is 7.99. The Bertz CT molecular complexity index is 1190. The van der Waals surface area contributed by atoms with Crippen molar-refractivity contribution in [2.75, 3.05) is 17.3 Å². The van der Waals surface area contributed by atoms with E-state index in [0.717, 1.165) is 38.4 Å². The van der Waals surface area contributed by atoms with Gasteiger partial charge in [0, 0.05) is 16.0 Å². The fourth-order valence-corrected chi connectivity index (χ4v) is 5.12. The molecule has 30 heavy (non-hydrogen) atoms. The molecule has 1 atom stereocenters. The summed E-state index contributed by atoms with van der Waals surface area (Å²) in [5.74, 6) is 1.52. The van der Waals surface area contributed by atoms with Gasteiger partial charge in [0.05, 0.1) is 11.7 Å². The molecule has 4 aromatic rings. The minimum atomic E-state index is -0.0375. The number of amides is 1. The largest absolute Gasteiger partial charge is 0.483 e. The summed E-state index contributed by atoms with van der Waals surface area (Å²) >= 11 is 1.79. The first kappa shape index (κ1) is 18.8. The molecule has 0 bridgehead atoms. The molecular formula is C26H21NO2S. The summed E-state index contributed by atoms with van der Waals surface area (Å²) in [6.07, 6.45) is 0. The van der Waals surface area contributed by atoms with E-state index in [0.29, 0.717) is 0 Å². The van der Waals surface area contributed by atoms with Gasteiger partial charge in [-0.1, -0.05) is 78.9 Å². The van der Waals surface area contributed by atoms with Crippen LogP contribution in [0.15, 0.2) is 102 Å². The maximum Gasteiger partial charge on any atom is 0.265 e. The second kappa shape index (κ2) is 8.25. The van der Waals surface area contributed by atoms with Gasteiger partial charge in [0.15, 0.2) is 6.61 Å². The van der Waals surface area contributed by atoms with Crippen LogP contribution in [0.1, 0.15) is 11.6 Å². The quantitative estimate of drug-likeness (QED) is 0.406.